The van der Waals surface area contributed by atoms with Gasteiger partial charge in [-0.15, -0.1) is 0 Å². The van der Waals surface area contributed by atoms with E-state index in [0.717, 1.165) is 10.4 Å². The van der Waals surface area contributed by atoms with Gasteiger partial charge in [0.25, 0.3) is 10.0 Å². The number of carbonyl (C=O) groups excluding carboxylic acids is 1. The third kappa shape index (κ3) is 5.49. The molecule has 31 heavy (non-hydrogen) atoms. The first-order valence-electron chi connectivity index (χ1n) is 9.83. The lowest BCUT2D eigenvalue weighted by atomic mass is 9.93. The normalized spacial score (nSPS) is 20.2. The van der Waals surface area contributed by atoms with Crippen LogP contribution in [0.4, 0.5) is 10.1 Å². The molecule has 1 unspecified atom stereocenters. The third-order valence-electron chi connectivity index (χ3n) is 5.29. The largest absolute Gasteiger partial charge is 0.393 e. The monoisotopic (exact) mass is 488 g/mol. The third-order valence-corrected chi connectivity index (χ3v) is 7.68. The molecule has 0 radical (unpaired) electrons. The van der Waals surface area contributed by atoms with E-state index in [9.17, 15) is 22.7 Å². The van der Waals surface area contributed by atoms with Crippen molar-refractivity contribution in [2.75, 3.05) is 4.31 Å². The Morgan fingerprint density at radius 1 is 1.10 bits per heavy atom. The molecule has 0 aliphatic heterocycles. The van der Waals surface area contributed by atoms with Crippen LogP contribution in [0.2, 0.25) is 10.0 Å². The summed E-state index contributed by atoms with van der Waals surface area (Å²) in [7, 11) is -4.33. The minimum absolute atomic E-state index is 0.126. The predicted molar refractivity (Wildman–Crippen MR) is 118 cm³/mol. The molecule has 0 spiro atoms. The van der Waals surface area contributed by atoms with Gasteiger partial charge in [-0.3, -0.25) is 9.10 Å². The van der Waals surface area contributed by atoms with Crippen LogP contribution in [-0.4, -0.2) is 37.6 Å². The van der Waals surface area contributed by atoms with Gasteiger partial charge in [-0.1, -0.05) is 23.2 Å². The molecule has 10 heteroatoms. The van der Waals surface area contributed by atoms with Crippen molar-refractivity contribution in [2.24, 2.45) is 0 Å². The van der Waals surface area contributed by atoms with E-state index in [1.165, 1.54) is 43.3 Å². The van der Waals surface area contributed by atoms with Crippen LogP contribution in [-0.2, 0) is 14.8 Å². The van der Waals surface area contributed by atoms with Gasteiger partial charge in [-0.25, -0.2) is 12.8 Å². The van der Waals surface area contributed by atoms with E-state index in [1.54, 1.807) is 0 Å². The van der Waals surface area contributed by atoms with Gasteiger partial charge in [-0.2, -0.15) is 0 Å². The van der Waals surface area contributed by atoms with Crippen molar-refractivity contribution in [1.82, 2.24) is 5.32 Å². The van der Waals surface area contributed by atoms with Crippen LogP contribution in [0.15, 0.2) is 47.4 Å². The van der Waals surface area contributed by atoms with E-state index in [1.807, 2.05) is 0 Å². The number of amides is 1. The number of hydrogen-bond donors (Lipinski definition) is 2. The summed E-state index contributed by atoms with van der Waals surface area (Å²) in [6.07, 6.45) is 1.86. The molecule has 1 saturated carbocycles. The highest BCUT2D eigenvalue weighted by molar-refractivity contribution is 7.93. The highest BCUT2D eigenvalue weighted by Crippen LogP contribution is 2.31. The number of halogens is 3. The highest BCUT2D eigenvalue weighted by Gasteiger charge is 2.36. The van der Waals surface area contributed by atoms with Gasteiger partial charge in [0.05, 0.1) is 16.7 Å². The van der Waals surface area contributed by atoms with Gasteiger partial charge in [0.15, 0.2) is 0 Å². The lowest BCUT2D eigenvalue weighted by Gasteiger charge is -2.32. The second-order valence-corrected chi connectivity index (χ2v) is 10.2. The minimum atomic E-state index is -4.33. The van der Waals surface area contributed by atoms with Crippen molar-refractivity contribution >= 4 is 44.8 Å². The Morgan fingerprint density at radius 3 is 2.29 bits per heavy atom. The van der Waals surface area contributed by atoms with Gasteiger partial charge in [0, 0.05) is 16.1 Å². The lowest BCUT2D eigenvalue weighted by molar-refractivity contribution is -0.122. The summed E-state index contributed by atoms with van der Waals surface area (Å²) in [5, 5.41) is 12.9. The Labute approximate surface area is 191 Å². The fraction of sp³-hybridized carbons (Fsp3) is 0.381. The Balaban J connectivity index is 1.98. The molecule has 1 fully saturated rings. The zero-order valence-corrected chi connectivity index (χ0v) is 19.1. The second-order valence-electron chi connectivity index (χ2n) is 7.54. The number of rotatable bonds is 6. The van der Waals surface area contributed by atoms with E-state index in [0.29, 0.717) is 30.7 Å². The first-order valence-corrected chi connectivity index (χ1v) is 12.0. The molecule has 1 aliphatic carbocycles. The first kappa shape index (κ1) is 23.8. The van der Waals surface area contributed by atoms with Crippen molar-refractivity contribution in [3.63, 3.8) is 0 Å². The number of hydrogen-bond acceptors (Lipinski definition) is 4. The first-order chi connectivity index (χ1) is 14.6. The van der Waals surface area contributed by atoms with Crippen LogP contribution >= 0.6 is 23.2 Å². The van der Waals surface area contributed by atoms with Gasteiger partial charge in [0.2, 0.25) is 5.91 Å². The Hall–Kier alpha value is -1.87. The van der Waals surface area contributed by atoms with Gasteiger partial charge in [0.1, 0.15) is 11.9 Å². The van der Waals surface area contributed by atoms with Crippen LogP contribution in [0.3, 0.4) is 0 Å². The van der Waals surface area contributed by atoms with Crippen molar-refractivity contribution in [3.05, 3.63) is 58.3 Å². The van der Waals surface area contributed by atoms with Gasteiger partial charge >= 0.3 is 0 Å². The quantitative estimate of drug-likeness (QED) is 0.639. The minimum Gasteiger partial charge on any atom is -0.393 e. The average Bonchev–Trinajstić information content (AvgIpc) is 2.72. The number of aliphatic hydroxyl groups is 1. The van der Waals surface area contributed by atoms with Crippen LogP contribution in [0.5, 0.6) is 0 Å². The fourth-order valence-electron chi connectivity index (χ4n) is 3.57. The van der Waals surface area contributed by atoms with E-state index in [4.69, 9.17) is 23.2 Å². The lowest BCUT2D eigenvalue weighted by Crippen LogP contribution is -2.51. The zero-order valence-electron chi connectivity index (χ0n) is 16.8. The maximum atomic E-state index is 14.7. The van der Waals surface area contributed by atoms with Crippen LogP contribution < -0.4 is 9.62 Å². The average molecular weight is 489 g/mol. The molecule has 0 aromatic heterocycles. The summed E-state index contributed by atoms with van der Waals surface area (Å²) in [4.78, 5) is 12.8. The molecule has 2 N–H and O–H groups in total. The molecular weight excluding hydrogens is 466 g/mol. The second kappa shape index (κ2) is 9.73. The molecule has 2 aromatic carbocycles. The number of aliphatic hydroxyl groups excluding tert-OH is 1. The number of benzene rings is 2. The molecule has 2 aromatic rings. The number of nitrogens with one attached hydrogen (secondary N) is 1. The standard InChI is InChI=1S/C21H23Cl2FN2O4S/c1-13(21(28)25-16-5-7-17(27)8-6-16)26(20-12-15(23)4-11-19(20)24)31(29,30)18-9-2-14(22)3-10-18/h2-4,9-13,16-17,27H,5-8H2,1H3,(H,25,28). The van der Waals surface area contributed by atoms with Crippen molar-refractivity contribution in [2.45, 2.75) is 55.7 Å². The summed E-state index contributed by atoms with van der Waals surface area (Å²) in [6, 6.07) is 7.45. The Kier molecular flexibility index (Phi) is 7.47. The van der Waals surface area contributed by atoms with Crippen LogP contribution in [0.1, 0.15) is 32.6 Å². The van der Waals surface area contributed by atoms with Crippen molar-refractivity contribution in [1.29, 1.82) is 0 Å². The highest BCUT2D eigenvalue weighted by atomic mass is 35.5. The number of carbonyl (C=O) groups is 1. The molecule has 1 amide bonds. The smallest absolute Gasteiger partial charge is 0.265 e. The molecule has 0 bridgehead atoms. The van der Waals surface area contributed by atoms with Crippen LogP contribution in [0, 0.1) is 5.82 Å². The summed E-state index contributed by atoms with van der Waals surface area (Å²) in [5.74, 6) is -1.40. The number of sulfonamides is 1. The van der Waals surface area contributed by atoms with E-state index >= 15 is 0 Å². The SMILES string of the molecule is CC(C(=O)NC1CCC(O)CC1)N(c1cc(Cl)ccc1F)S(=O)(=O)c1ccc(Cl)cc1. The van der Waals surface area contributed by atoms with Crippen molar-refractivity contribution in [3.8, 4) is 0 Å². The topological polar surface area (TPSA) is 86.7 Å². The number of anilines is 1. The maximum absolute atomic E-state index is 14.7. The zero-order chi connectivity index (χ0) is 22.8. The van der Waals surface area contributed by atoms with E-state index < -0.39 is 33.9 Å². The van der Waals surface area contributed by atoms with Crippen LogP contribution in [0.25, 0.3) is 0 Å². The Morgan fingerprint density at radius 2 is 1.68 bits per heavy atom. The molecular formula is C21H23Cl2FN2O4S. The maximum Gasteiger partial charge on any atom is 0.265 e. The summed E-state index contributed by atoms with van der Waals surface area (Å²) < 4.78 is 42.3. The van der Waals surface area contributed by atoms with E-state index in [2.05, 4.69) is 5.32 Å². The Bertz CT molecular complexity index is 1040. The number of nitrogens with zero attached hydrogens (tertiary/aromatic N) is 1. The predicted octanol–water partition coefficient (Wildman–Crippen LogP) is 4.14. The molecule has 3 rings (SSSR count). The summed E-state index contributed by atoms with van der Waals surface area (Å²) in [5.41, 5.74) is -0.329. The molecule has 1 aliphatic rings. The molecule has 0 heterocycles. The molecule has 168 valence electrons. The van der Waals surface area contributed by atoms with Gasteiger partial charge < -0.3 is 10.4 Å². The van der Waals surface area contributed by atoms with Crippen molar-refractivity contribution < 1.29 is 22.7 Å². The van der Waals surface area contributed by atoms with E-state index in [-0.39, 0.29) is 21.6 Å². The summed E-state index contributed by atoms with van der Waals surface area (Å²) >= 11 is 11.9. The molecule has 0 saturated heterocycles. The summed E-state index contributed by atoms with van der Waals surface area (Å²) in [6.45, 7) is 1.39. The fourth-order valence-corrected chi connectivity index (χ4v) is 5.48. The molecule has 1 atom stereocenters. The molecule has 6 nitrogen and oxygen atoms in total. The van der Waals surface area contributed by atoms with Gasteiger partial charge in [-0.05, 0) is 75.1 Å².